The number of benzene rings is 1. The summed E-state index contributed by atoms with van der Waals surface area (Å²) in [5.41, 5.74) is 2.13. The fourth-order valence-corrected chi connectivity index (χ4v) is 1.86. The lowest BCUT2D eigenvalue weighted by Crippen LogP contribution is -2.44. The highest BCUT2D eigenvalue weighted by Gasteiger charge is 2.21. The number of hydrogen-bond acceptors (Lipinski definition) is 4. The van der Waals surface area contributed by atoms with Gasteiger partial charge < -0.3 is 14.8 Å². The number of methoxy groups -OCH3 is 1. The molecule has 0 bridgehead atoms. The number of carbonyl (C=O) groups excluding carboxylic acids is 2. The van der Waals surface area contributed by atoms with E-state index in [4.69, 9.17) is 4.74 Å². The fourth-order valence-electron chi connectivity index (χ4n) is 1.86. The zero-order chi connectivity index (χ0) is 16.0. The minimum absolute atomic E-state index is 0.0364. The molecule has 1 N–H and O–H groups in total. The van der Waals surface area contributed by atoms with Crippen molar-refractivity contribution in [2.75, 3.05) is 13.7 Å². The highest BCUT2D eigenvalue weighted by atomic mass is 16.5. The van der Waals surface area contributed by atoms with Gasteiger partial charge in [0.2, 0.25) is 5.91 Å². The summed E-state index contributed by atoms with van der Waals surface area (Å²) in [6.45, 7) is 7.52. The van der Waals surface area contributed by atoms with Crippen molar-refractivity contribution in [1.29, 1.82) is 0 Å². The lowest BCUT2D eigenvalue weighted by molar-refractivity contribution is -0.145. The van der Waals surface area contributed by atoms with Gasteiger partial charge in [0.1, 0.15) is 12.4 Å². The number of rotatable bonds is 6. The molecule has 0 saturated heterocycles. The van der Waals surface area contributed by atoms with Gasteiger partial charge in [-0.1, -0.05) is 26.0 Å². The van der Waals surface area contributed by atoms with Gasteiger partial charge >= 0.3 is 5.97 Å². The van der Waals surface area contributed by atoms with Crippen LogP contribution in [0.15, 0.2) is 18.2 Å². The van der Waals surface area contributed by atoms with Crippen LogP contribution in [0, 0.1) is 6.92 Å². The molecule has 1 amide bonds. The predicted octanol–water partition coefficient (Wildman–Crippen LogP) is 2.17. The Hall–Kier alpha value is -2.04. The molecule has 0 aliphatic rings. The van der Waals surface area contributed by atoms with E-state index in [1.54, 1.807) is 0 Å². The van der Waals surface area contributed by atoms with Gasteiger partial charge in [0.15, 0.2) is 6.04 Å². The Morgan fingerprint density at radius 1 is 1.29 bits per heavy atom. The topological polar surface area (TPSA) is 64.6 Å². The number of ether oxygens (including phenoxy) is 2. The zero-order valence-electron chi connectivity index (χ0n) is 13.2. The van der Waals surface area contributed by atoms with E-state index in [1.807, 2.05) is 19.1 Å². The van der Waals surface area contributed by atoms with Crippen molar-refractivity contribution < 1.29 is 19.1 Å². The molecule has 1 aromatic rings. The molecule has 0 heterocycles. The average molecular weight is 293 g/mol. The second kappa shape index (κ2) is 7.67. The van der Waals surface area contributed by atoms with Gasteiger partial charge in [0.25, 0.3) is 0 Å². The van der Waals surface area contributed by atoms with Crippen LogP contribution in [0.2, 0.25) is 0 Å². The summed E-state index contributed by atoms with van der Waals surface area (Å²) < 4.78 is 10.4. The normalized spacial score (nSPS) is 11.9. The van der Waals surface area contributed by atoms with E-state index >= 15 is 0 Å². The Bertz CT molecular complexity index is 511. The largest absolute Gasteiger partial charge is 0.491 e. The van der Waals surface area contributed by atoms with Crippen LogP contribution in [-0.4, -0.2) is 31.6 Å². The molecule has 0 aliphatic heterocycles. The Labute approximate surface area is 125 Å². The quantitative estimate of drug-likeness (QED) is 0.816. The molecule has 0 aliphatic carbocycles. The van der Waals surface area contributed by atoms with Crippen molar-refractivity contribution in [2.45, 2.75) is 39.7 Å². The first-order valence-electron chi connectivity index (χ1n) is 6.93. The van der Waals surface area contributed by atoms with Crippen molar-refractivity contribution in [3.8, 4) is 5.75 Å². The SMILES string of the molecule is COC(=O)C(COc1cc(C(C)C)ccc1C)NC(C)=O. The van der Waals surface area contributed by atoms with Crippen LogP contribution < -0.4 is 10.1 Å². The summed E-state index contributed by atoms with van der Waals surface area (Å²) in [4.78, 5) is 22.7. The molecule has 1 atom stereocenters. The molecule has 21 heavy (non-hydrogen) atoms. The number of nitrogens with one attached hydrogen (secondary N) is 1. The van der Waals surface area contributed by atoms with E-state index in [0.29, 0.717) is 11.7 Å². The summed E-state index contributed by atoms with van der Waals surface area (Å²) in [7, 11) is 1.28. The second-order valence-corrected chi connectivity index (χ2v) is 5.27. The number of carbonyl (C=O) groups is 2. The van der Waals surface area contributed by atoms with E-state index < -0.39 is 12.0 Å². The van der Waals surface area contributed by atoms with Crippen molar-refractivity contribution in [3.63, 3.8) is 0 Å². The molecular formula is C16H23NO4. The van der Waals surface area contributed by atoms with E-state index in [9.17, 15) is 9.59 Å². The van der Waals surface area contributed by atoms with Crippen molar-refractivity contribution in [1.82, 2.24) is 5.32 Å². The Kier molecular flexibility index (Phi) is 6.21. The second-order valence-electron chi connectivity index (χ2n) is 5.27. The van der Waals surface area contributed by atoms with E-state index in [0.717, 1.165) is 11.1 Å². The van der Waals surface area contributed by atoms with Gasteiger partial charge in [0.05, 0.1) is 7.11 Å². The first kappa shape index (κ1) is 17.0. The molecule has 116 valence electrons. The van der Waals surface area contributed by atoms with Crippen LogP contribution in [0.3, 0.4) is 0 Å². The fraction of sp³-hybridized carbons (Fsp3) is 0.500. The maximum atomic E-state index is 11.6. The lowest BCUT2D eigenvalue weighted by atomic mass is 10.0. The van der Waals surface area contributed by atoms with Crippen LogP contribution in [0.4, 0.5) is 0 Å². The molecule has 5 heteroatoms. The maximum Gasteiger partial charge on any atom is 0.331 e. The molecular weight excluding hydrogens is 270 g/mol. The van der Waals surface area contributed by atoms with Gasteiger partial charge in [-0.25, -0.2) is 4.79 Å². The first-order valence-corrected chi connectivity index (χ1v) is 6.93. The molecule has 0 aromatic heterocycles. The number of amides is 1. The summed E-state index contributed by atoms with van der Waals surface area (Å²) in [5.74, 6) is 0.268. The number of hydrogen-bond donors (Lipinski definition) is 1. The van der Waals surface area contributed by atoms with Crippen molar-refractivity contribution in [2.24, 2.45) is 0 Å². The van der Waals surface area contributed by atoms with Crippen LogP contribution in [0.5, 0.6) is 5.75 Å². The minimum atomic E-state index is -0.811. The third-order valence-corrected chi connectivity index (χ3v) is 3.15. The Balaban J connectivity index is 2.81. The van der Waals surface area contributed by atoms with E-state index in [1.165, 1.54) is 14.0 Å². The van der Waals surface area contributed by atoms with Crippen LogP contribution in [-0.2, 0) is 14.3 Å². The van der Waals surface area contributed by atoms with Gasteiger partial charge in [-0.2, -0.15) is 0 Å². The molecule has 0 fully saturated rings. The van der Waals surface area contributed by atoms with Crippen molar-refractivity contribution in [3.05, 3.63) is 29.3 Å². The van der Waals surface area contributed by atoms with Gasteiger partial charge in [-0.15, -0.1) is 0 Å². The minimum Gasteiger partial charge on any atom is -0.491 e. The molecule has 0 radical (unpaired) electrons. The molecule has 0 spiro atoms. The van der Waals surface area contributed by atoms with Gasteiger partial charge in [-0.3, -0.25) is 4.79 Å². The van der Waals surface area contributed by atoms with Crippen LogP contribution in [0.25, 0.3) is 0 Å². The lowest BCUT2D eigenvalue weighted by Gasteiger charge is -2.18. The highest BCUT2D eigenvalue weighted by Crippen LogP contribution is 2.24. The first-order chi connectivity index (χ1) is 9.85. The third-order valence-electron chi connectivity index (χ3n) is 3.15. The summed E-state index contributed by atoms with van der Waals surface area (Å²) >= 11 is 0. The molecule has 1 aromatic carbocycles. The third kappa shape index (κ3) is 5.10. The monoisotopic (exact) mass is 293 g/mol. The number of aryl methyl sites for hydroxylation is 1. The van der Waals surface area contributed by atoms with Crippen molar-refractivity contribution >= 4 is 11.9 Å². The molecule has 1 rings (SSSR count). The summed E-state index contributed by atoms with van der Waals surface area (Å²) in [6.07, 6.45) is 0. The van der Waals surface area contributed by atoms with E-state index in [-0.39, 0.29) is 12.5 Å². The standard InChI is InChI=1S/C16H23NO4/c1-10(2)13-7-6-11(3)15(8-13)21-9-14(16(19)20-5)17-12(4)18/h6-8,10,14H,9H2,1-5H3,(H,17,18). The average Bonchev–Trinajstić information content (AvgIpc) is 2.43. The van der Waals surface area contributed by atoms with Gasteiger partial charge in [-0.05, 0) is 30.0 Å². The smallest absolute Gasteiger partial charge is 0.331 e. The number of esters is 1. The Morgan fingerprint density at radius 3 is 2.48 bits per heavy atom. The van der Waals surface area contributed by atoms with Crippen LogP contribution in [0.1, 0.15) is 37.8 Å². The Morgan fingerprint density at radius 2 is 1.95 bits per heavy atom. The predicted molar refractivity (Wildman–Crippen MR) is 80.4 cm³/mol. The summed E-state index contributed by atoms with van der Waals surface area (Å²) in [5, 5.41) is 2.52. The molecule has 5 nitrogen and oxygen atoms in total. The highest BCUT2D eigenvalue weighted by molar-refractivity contribution is 5.83. The van der Waals surface area contributed by atoms with Gasteiger partial charge in [0, 0.05) is 6.92 Å². The molecule has 1 unspecified atom stereocenters. The van der Waals surface area contributed by atoms with Crippen LogP contribution >= 0.6 is 0 Å². The zero-order valence-corrected chi connectivity index (χ0v) is 13.2. The van der Waals surface area contributed by atoms with E-state index in [2.05, 4.69) is 30.0 Å². The summed E-state index contributed by atoms with van der Waals surface area (Å²) in [6, 6.07) is 5.19. The maximum absolute atomic E-state index is 11.6. The molecule has 0 saturated carbocycles.